The molecule has 2 unspecified atom stereocenters. The minimum atomic E-state index is -0.739. The van der Waals surface area contributed by atoms with Crippen LogP contribution in [0, 0.1) is 0 Å². The maximum atomic E-state index is 12.0. The van der Waals surface area contributed by atoms with Crippen molar-refractivity contribution < 1.29 is 38.7 Å². The second-order valence-electron chi connectivity index (χ2n) is 12.9. The maximum absolute atomic E-state index is 12.0. The molecule has 1 heterocycles. The maximum Gasteiger partial charge on any atom is 0.306 e. The second-order valence-corrected chi connectivity index (χ2v) is 12.9. The Morgan fingerprint density at radius 1 is 0.630 bits per heavy atom. The molecule has 0 amide bonds. The van der Waals surface area contributed by atoms with Crippen LogP contribution in [0.2, 0.25) is 0 Å². The van der Waals surface area contributed by atoms with Gasteiger partial charge in [-0.3, -0.25) is 14.6 Å². The fraction of sp³-hybridized carbons (Fsp3) is 0.326. The van der Waals surface area contributed by atoms with E-state index in [0.29, 0.717) is 32.6 Å². The number of benzene rings is 4. The van der Waals surface area contributed by atoms with Gasteiger partial charge in [-0.25, -0.2) is 0 Å². The van der Waals surface area contributed by atoms with E-state index in [1.807, 2.05) is 109 Å². The number of carbonyl (C=O) groups excluding carboxylic acids is 2. The lowest BCUT2D eigenvalue weighted by molar-refractivity contribution is -0.146. The van der Waals surface area contributed by atoms with E-state index in [-0.39, 0.29) is 57.8 Å². The lowest BCUT2D eigenvalue weighted by Gasteiger charge is -2.15. The quantitative estimate of drug-likeness (QED) is 0.0429. The zero-order chi connectivity index (χ0) is 37.8. The monoisotopic (exact) mass is 735 g/mol. The fourth-order valence-electron chi connectivity index (χ4n) is 5.59. The predicted octanol–water partition coefficient (Wildman–Crippen LogP) is 6.53. The molecule has 0 aliphatic carbocycles. The van der Waals surface area contributed by atoms with Crippen molar-refractivity contribution in [3.8, 4) is 11.1 Å². The van der Waals surface area contributed by atoms with Gasteiger partial charge in [-0.05, 0) is 71.5 Å². The van der Waals surface area contributed by atoms with Gasteiger partial charge in [0.1, 0.15) is 13.2 Å². The van der Waals surface area contributed by atoms with Gasteiger partial charge < -0.3 is 39.8 Å². The van der Waals surface area contributed by atoms with Gasteiger partial charge in [0.15, 0.2) is 0 Å². The Labute approximate surface area is 316 Å². The number of aliphatic hydroxyl groups excluding tert-OH is 2. The highest BCUT2D eigenvalue weighted by molar-refractivity contribution is 5.96. The third kappa shape index (κ3) is 13.9. The summed E-state index contributed by atoms with van der Waals surface area (Å²) in [5.74, 6) is -0.550. The molecular weight excluding hydrogens is 686 g/mol. The molecule has 54 heavy (non-hydrogen) atoms. The van der Waals surface area contributed by atoms with Gasteiger partial charge >= 0.3 is 11.9 Å². The van der Waals surface area contributed by atoms with Crippen LogP contribution in [-0.4, -0.2) is 78.9 Å². The average molecular weight is 736 g/mol. The van der Waals surface area contributed by atoms with E-state index in [4.69, 9.17) is 18.9 Å². The summed E-state index contributed by atoms with van der Waals surface area (Å²) >= 11 is 0. The van der Waals surface area contributed by atoms with Gasteiger partial charge in [0.2, 0.25) is 0 Å². The predicted molar refractivity (Wildman–Crippen MR) is 209 cm³/mol. The van der Waals surface area contributed by atoms with E-state index >= 15 is 0 Å². The Hall–Kier alpha value is -5.33. The molecular formula is C43H49N3O8. The molecule has 0 aliphatic rings. The summed E-state index contributed by atoms with van der Waals surface area (Å²) in [7, 11) is 0. The molecule has 4 N–H and O–H groups in total. The molecule has 0 aliphatic heterocycles. The number of nitrogens with zero attached hydrogens (tertiary/aromatic N) is 1. The molecule has 5 rings (SSSR count). The number of anilines is 2. The van der Waals surface area contributed by atoms with Crippen LogP contribution in [0.25, 0.3) is 22.0 Å². The smallest absolute Gasteiger partial charge is 0.306 e. The van der Waals surface area contributed by atoms with Gasteiger partial charge in [0.25, 0.3) is 0 Å². The standard InChI is InChI=1S/C43H49N3O8/c47-37(30-51-22-8-16-42(49)53-28-32-10-3-1-4-11-32)26-45-35-15-7-14-34(24-35)39-20-21-44-41-19-18-36(25-40(39)41)46-27-38(48)31-52-23-9-17-43(50)54-29-33-12-5-2-6-13-33/h1-7,10-15,18-21,24-25,37-38,45-48H,8-9,16-17,22-23,26-31H2. The molecule has 0 saturated carbocycles. The number of rotatable bonds is 23. The Balaban J connectivity index is 1.00. The van der Waals surface area contributed by atoms with Crippen molar-refractivity contribution in [2.45, 2.75) is 51.1 Å². The number of hydrogen-bond donors (Lipinski definition) is 4. The lowest BCUT2D eigenvalue weighted by atomic mass is 10.0. The molecule has 11 heteroatoms. The Morgan fingerprint density at radius 2 is 1.19 bits per heavy atom. The molecule has 0 radical (unpaired) electrons. The minimum Gasteiger partial charge on any atom is -0.461 e. The molecule has 0 fully saturated rings. The topological polar surface area (TPSA) is 148 Å². The summed E-state index contributed by atoms with van der Waals surface area (Å²) in [6.45, 7) is 2.06. The number of ether oxygens (including phenoxy) is 4. The number of carbonyl (C=O) groups is 2. The number of pyridine rings is 1. The first-order valence-electron chi connectivity index (χ1n) is 18.3. The summed E-state index contributed by atoms with van der Waals surface area (Å²) in [5, 5.41) is 28.5. The first-order chi connectivity index (χ1) is 26.4. The number of nitrogens with one attached hydrogen (secondary N) is 2. The first-order valence-corrected chi connectivity index (χ1v) is 18.3. The van der Waals surface area contributed by atoms with Crippen molar-refractivity contribution in [1.29, 1.82) is 0 Å². The van der Waals surface area contributed by atoms with E-state index < -0.39 is 12.2 Å². The van der Waals surface area contributed by atoms with Crippen molar-refractivity contribution in [3.63, 3.8) is 0 Å². The average Bonchev–Trinajstić information content (AvgIpc) is 3.21. The van der Waals surface area contributed by atoms with Gasteiger partial charge in [-0.1, -0.05) is 72.8 Å². The number of fused-ring (bicyclic) bond motifs is 1. The summed E-state index contributed by atoms with van der Waals surface area (Å²) in [6, 6.07) is 34.9. The van der Waals surface area contributed by atoms with E-state index in [2.05, 4.69) is 15.6 Å². The molecule has 2 atom stereocenters. The van der Waals surface area contributed by atoms with Crippen molar-refractivity contribution >= 4 is 34.2 Å². The van der Waals surface area contributed by atoms with Crippen molar-refractivity contribution in [2.75, 3.05) is 50.2 Å². The zero-order valence-electron chi connectivity index (χ0n) is 30.4. The van der Waals surface area contributed by atoms with Gasteiger partial charge in [-0.2, -0.15) is 0 Å². The third-order valence-corrected chi connectivity index (χ3v) is 8.44. The number of aliphatic hydroxyl groups is 2. The molecule has 0 bridgehead atoms. The van der Waals surface area contributed by atoms with Crippen LogP contribution in [0.5, 0.6) is 0 Å². The van der Waals surface area contributed by atoms with E-state index in [9.17, 15) is 19.8 Å². The molecule has 0 saturated heterocycles. The normalized spacial score (nSPS) is 12.2. The van der Waals surface area contributed by atoms with Crippen LogP contribution in [0.1, 0.15) is 36.8 Å². The van der Waals surface area contributed by atoms with E-state index in [1.165, 1.54) is 0 Å². The second kappa shape index (κ2) is 22.0. The fourth-order valence-corrected chi connectivity index (χ4v) is 5.59. The van der Waals surface area contributed by atoms with Crippen molar-refractivity contribution in [2.24, 2.45) is 0 Å². The summed E-state index contributed by atoms with van der Waals surface area (Å²) in [4.78, 5) is 28.5. The highest BCUT2D eigenvalue weighted by Gasteiger charge is 2.11. The summed E-state index contributed by atoms with van der Waals surface area (Å²) < 4.78 is 21.8. The largest absolute Gasteiger partial charge is 0.461 e. The minimum absolute atomic E-state index is 0.138. The van der Waals surface area contributed by atoms with E-state index in [1.54, 1.807) is 6.20 Å². The molecule has 11 nitrogen and oxygen atoms in total. The molecule has 284 valence electrons. The number of esters is 2. The molecule has 4 aromatic carbocycles. The molecule has 5 aromatic rings. The highest BCUT2D eigenvalue weighted by atomic mass is 16.5. The SMILES string of the molecule is O=C(CCCOCC(O)CNc1cccc(-c2ccnc3ccc(NCC(O)COCCCC(=O)OCc4ccccc4)cc23)c1)OCc1ccccc1. The third-order valence-electron chi connectivity index (χ3n) is 8.44. The van der Waals surface area contributed by atoms with Gasteiger partial charge in [0, 0.05) is 62.1 Å². The summed E-state index contributed by atoms with van der Waals surface area (Å²) in [5.41, 5.74) is 6.37. The summed E-state index contributed by atoms with van der Waals surface area (Å²) in [6.07, 6.45) is 1.84. The Bertz CT molecular complexity index is 1880. The van der Waals surface area contributed by atoms with Crippen LogP contribution in [0.4, 0.5) is 11.4 Å². The van der Waals surface area contributed by atoms with Gasteiger partial charge in [0.05, 0.1) is 30.9 Å². The van der Waals surface area contributed by atoms with Crippen LogP contribution in [0.15, 0.2) is 115 Å². The number of hydrogen-bond acceptors (Lipinski definition) is 11. The Kier molecular flexibility index (Phi) is 16.3. The van der Waals surface area contributed by atoms with Crippen molar-refractivity contribution in [1.82, 2.24) is 4.98 Å². The van der Waals surface area contributed by atoms with Crippen LogP contribution in [0.3, 0.4) is 0 Å². The van der Waals surface area contributed by atoms with Crippen LogP contribution >= 0.6 is 0 Å². The lowest BCUT2D eigenvalue weighted by Crippen LogP contribution is -2.25. The highest BCUT2D eigenvalue weighted by Crippen LogP contribution is 2.31. The molecule has 1 aromatic heterocycles. The zero-order valence-corrected chi connectivity index (χ0v) is 30.4. The first kappa shape index (κ1) is 39.9. The Morgan fingerprint density at radius 3 is 1.76 bits per heavy atom. The van der Waals surface area contributed by atoms with Crippen LogP contribution in [-0.2, 0) is 41.8 Å². The van der Waals surface area contributed by atoms with Gasteiger partial charge in [-0.15, -0.1) is 0 Å². The van der Waals surface area contributed by atoms with E-state index in [0.717, 1.165) is 44.5 Å². The van der Waals surface area contributed by atoms with Crippen molar-refractivity contribution in [3.05, 3.63) is 127 Å². The molecule has 0 spiro atoms. The van der Waals surface area contributed by atoms with Crippen LogP contribution < -0.4 is 10.6 Å². The number of aromatic nitrogens is 1.